The van der Waals surface area contributed by atoms with Crippen molar-refractivity contribution in [2.24, 2.45) is 0 Å². The predicted molar refractivity (Wildman–Crippen MR) is 222 cm³/mol. The first-order chi connectivity index (χ1) is 23.7. The van der Waals surface area contributed by atoms with Crippen LogP contribution in [0.3, 0.4) is 0 Å². The average molecular weight is 780 g/mol. The normalized spacial score (nSPS) is 15.1. The SMILES string of the molecule is CCCCCCCCCCCCCCCCCC[C@@H](OS(C)(=O)=O)[C@@H](O[Si](CC)(CC)CC)[C@H](CO[Si](C)(C)C(C)(C)C)NC(=O)OC(C)(C)C. The van der Waals surface area contributed by atoms with Crippen molar-refractivity contribution in [2.75, 3.05) is 12.9 Å². The minimum absolute atomic E-state index is 0.0508. The first-order valence-corrected chi connectivity index (χ1v) is 28.1. The lowest BCUT2D eigenvalue weighted by atomic mass is 9.99. The Bertz CT molecular complexity index is 999. The summed E-state index contributed by atoms with van der Waals surface area (Å²) >= 11 is 0. The molecule has 0 saturated carbocycles. The smallest absolute Gasteiger partial charge is 0.408 e. The molecule has 0 saturated heterocycles. The number of hydrogen-bond acceptors (Lipinski definition) is 7. The van der Waals surface area contributed by atoms with Gasteiger partial charge in [-0.3, -0.25) is 4.18 Å². The Kier molecular flexibility index (Phi) is 25.3. The molecule has 11 heteroatoms. The van der Waals surface area contributed by atoms with Gasteiger partial charge < -0.3 is 18.9 Å². The third kappa shape index (κ3) is 23.8. The Morgan fingerprint density at radius 3 is 1.45 bits per heavy atom. The highest BCUT2D eigenvalue weighted by atomic mass is 32.2. The van der Waals surface area contributed by atoms with E-state index in [2.05, 4.69) is 66.9 Å². The lowest BCUT2D eigenvalue weighted by Gasteiger charge is -2.42. The van der Waals surface area contributed by atoms with Crippen LogP contribution in [0.15, 0.2) is 0 Å². The number of unbranched alkanes of at least 4 members (excludes halogenated alkanes) is 15. The molecule has 0 aromatic carbocycles. The van der Waals surface area contributed by atoms with E-state index in [0.29, 0.717) is 6.42 Å². The lowest BCUT2D eigenvalue weighted by Crippen LogP contribution is -2.59. The molecule has 0 unspecified atom stereocenters. The summed E-state index contributed by atoms with van der Waals surface area (Å²) in [5, 5.41) is 3.02. The van der Waals surface area contributed by atoms with Gasteiger partial charge in [0.25, 0.3) is 10.1 Å². The van der Waals surface area contributed by atoms with E-state index < -0.39 is 56.7 Å². The van der Waals surface area contributed by atoms with Crippen LogP contribution in [0.1, 0.15) is 178 Å². The number of nitrogens with one attached hydrogen (secondary N) is 1. The highest BCUT2D eigenvalue weighted by Crippen LogP contribution is 2.37. The number of ether oxygens (including phenoxy) is 1. The van der Waals surface area contributed by atoms with Crippen LogP contribution in [-0.4, -0.2) is 67.9 Å². The van der Waals surface area contributed by atoms with Gasteiger partial charge in [-0.25, -0.2) is 4.79 Å². The van der Waals surface area contributed by atoms with Crippen LogP contribution in [-0.2, 0) is 27.9 Å². The second-order valence-corrected chi connectivity index (χ2v) is 28.7. The molecule has 3 atom stereocenters. The van der Waals surface area contributed by atoms with Gasteiger partial charge in [-0.1, -0.05) is 151 Å². The zero-order chi connectivity index (χ0) is 39.2. The molecule has 0 aromatic heterocycles. The highest BCUT2D eigenvalue weighted by Gasteiger charge is 2.44. The molecule has 1 N–H and O–H groups in total. The summed E-state index contributed by atoms with van der Waals surface area (Å²) in [4.78, 5) is 13.3. The van der Waals surface area contributed by atoms with Gasteiger partial charge in [-0.05, 0) is 63.5 Å². The third-order valence-electron chi connectivity index (χ3n) is 10.9. The maximum absolute atomic E-state index is 13.3. The average Bonchev–Trinajstić information content (AvgIpc) is 3.01. The lowest BCUT2D eigenvalue weighted by molar-refractivity contribution is -0.00166. The summed E-state index contributed by atoms with van der Waals surface area (Å²) in [6.07, 6.45) is 19.9. The highest BCUT2D eigenvalue weighted by molar-refractivity contribution is 7.86. The zero-order valence-electron chi connectivity index (χ0n) is 35.8. The van der Waals surface area contributed by atoms with Crippen LogP contribution in [0, 0.1) is 0 Å². The predicted octanol–water partition coefficient (Wildman–Crippen LogP) is 12.3. The minimum atomic E-state index is -3.81. The molecule has 306 valence electrons. The molecule has 0 bridgehead atoms. The number of carbonyl (C=O) groups is 1. The maximum atomic E-state index is 13.3. The van der Waals surface area contributed by atoms with E-state index in [1.807, 2.05) is 20.8 Å². The standard InChI is InChI=1S/C40H85NO7SSi2/c1-14-18-19-20-21-22-23-24-25-26-27-28-29-30-31-32-33-36(47-49(11,43)44)37(48-51(15-2,16-3)17-4)35(41-38(42)46-39(5,6)7)34-45-50(12,13)40(8,9)10/h35-37H,14-34H2,1-13H3,(H,41,42)/t35-,36+,37-/m0/s1. The monoisotopic (exact) mass is 780 g/mol. The van der Waals surface area contributed by atoms with Gasteiger partial charge in [-0.15, -0.1) is 0 Å². The Labute approximate surface area is 319 Å². The molecule has 0 fully saturated rings. The van der Waals surface area contributed by atoms with Crippen molar-refractivity contribution >= 4 is 32.8 Å². The second kappa shape index (κ2) is 25.6. The topological polar surface area (TPSA) is 100 Å². The molecular formula is C40H85NO7SSi2. The van der Waals surface area contributed by atoms with Crippen LogP contribution in [0.5, 0.6) is 0 Å². The molecule has 0 radical (unpaired) electrons. The summed E-state index contributed by atoms with van der Waals surface area (Å²) in [6, 6.07) is 1.98. The van der Waals surface area contributed by atoms with Gasteiger partial charge in [0.2, 0.25) is 0 Å². The van der Waals surface area contributed by atoms with Crippen molar-refractivity contribution in [3.8, 4) is 0 Å². The van der Waals surface area contributed by atoms with Crippen molar-refractivity contribution in [1.82, 2.24) is 5.32 Å². The fourth-order valence-corrected chi connectivity index (χ4v) is 10.9. The Hall–Kier alpha value is -0.466. The summed E-state index contributed by atoms with van der Waals surface area (Å²) in [7, 11) is -8.34. The largest absolute Gasteiger partial charge is 0.444 e. The van der Waals surface area contributed by atoms with Crippen LogP contribution in [0.2, 0.25) is 36.3 Å². The van der Waals surface area contributed by atoms with E-state index in [-0.39, 0.29) is 11.6 Å². The van der Waals surface area contributed by atoms with Crippen LogP contribution < -0.4 is 5.32 Å². The van der Waals surface area contributed by atoms with Crippen molar-refractivity contribution in [3.05, 3.63) is 0 Å². The van der Waals surface area contributed by atoms with Crippen molar-refractivity contribution in [2.45, 2.75) is 239 Å². The Balaban J connectivity index is 5.75. The van der Waals surface area contributed by atoms with E-state index in [1.54, 1.807) is 0 Å². The Morgan fingerprint density at radius 1 is 0.686 bits per heavy atom. The molecule has 0 aliphatic carbocycles. The molecular weight excluding hydrogens is 695 g/mol. The van der Waals surface area contributed by atoms with E-state index in [4.69, 9.17) is 17.8 Å². The van der Waals surface area contributed by atoms with Crippen LogP contribution >= 0.6 is 0 Å². The molecule has 0 aliphatic rings. The first kappa shape index (κ1) is 50.5. The fourth-order valence-electron chi connectivity index (χ4n) is 6.28. The van der Waals surface area contributed by atoms with E-state index in [0.717, 1.165) is 43.7 Å². The summed E-state index contributed by atoms with van der Waals surface area (Å²) in [5.74, 6) is 0. The zero-order valence-corrected chi connectivity index (χ0v) is 38.7. The number of rotatable bonds is 30. The van der Waals surface area contributed by atoms with Crippen LogP contribution in [0.25, 0.3) is 0 Å². The quantitative estimate of drug-likeness (QED) is 0.0440. The van der Waals surface area contributed by atoms with Gasteiger partial charge in [0.15, 0.2) is 16.6 Å². The van der Waals surface area contributed by atoms with Gasteiger partial charge in [-0.2, -0.15) is 8.42 Å². The first-order valence-electron chi connectivity index (χ1n) is 20.8. The van der Waals surface area contributed by atoms with Crippen molar-refractivity contribution in [3.63, 3.8) is 0 Å². The third-order valence-corrected chi connectivity index (χ3v) is 20.6. The van der Waals surface area contributed by atoms with Crippen molar-refractivity contribution in [1.29, 1.82) is 0 Å². The molecule has 0 aromatic rings. The molecule has 0 spiro atoms. The summed E-state index contributed by atoms with van der Waals surface area (Å²) < 4.78 is 51.0. The van der Waals surface area contributed by atoms with E-state index >= 15 is 0 Å². The number of carbonyl (C=O) groups excluding carboxylic acids is 1. The van der Waals surface area contributed by atoms with Gasteiger partial charge in [0, 0.05) is 0 Å². The van der Waals surface area contributed by atoms with E-state index in [1.165, 1.54) is 83.5 Å². The molecule has 1 amide bonds. The summed E-state index contributed by atoms with van der Waals surface area (Å²) in [6.45, 7) is 25.3. The van der Waals surface area contributed by atoms with Gasteiger partial charge >= 0.3 is 6.09 Å². The number of amides is 1. The number of alkyl carbamates (subject to hydrolysis) is 1. The fraction of sp³-hybridized carbons (Fsp3) is 0.975. The summed E-state index contributed by atoms with van der Waals surface area (Å²) in [5.41, 5.74) is -0.698. The second-order valence-electron chi connectivity index (χ2n) is 17.6. The van der Waals surface area contributed by atoms with E-state index in [9.17, 15) is 13.2 Å². The molecule has 0 heterocycles. The maximum Gasteiger partial charge on any atom is 0.408 e. The Morgan fingerprint density at radius 2 is 1.10 bits per heavy atom. The van der Waals surface area contributed by atoms with Gasteiger partial charge in [0.05, 0.1) is 25.0 Å². The number of hydrogen-bond donors (Lipinski definition) is 1. The molecule has 8 nitrogen and oxygen atoms in total. The molecule has 0 aliphatic heterocycles. The van der Waals surface area contributed by atoms with Gasteiger partial charge in [0.1, 0.15) is 11.7 Å². The van der Waals surface area contributed by atoms with Crippen molar-refractivity contribution < 1.29 is 31.0 Å². The molecule has 0 rings (SSSR count). The molecule has 51 heavy (non-hydrogen) atoms. The van der Waals surface area contributed by atoms with Crippen LogP contribution in [0.4, 0.5) is 4.79 Å². The minimum Gasteiger partial charge on any atom is -0.444 e.